The van der Waals surface area contributed by atoms with Crippen LogP contribution in [0, 0.1) is 17.2 Å². The van der Waals surface area contributed by atoms with Gasteiger partial charge in [-0.1, -0.05) is 60.7 Å². The summed E-state index contributed by atoms with van der Waals surface area (Å²) in [4.78, 5) is 29.6. The summed E-state index contributed by atoms with van der Waals surface area (Å²) in [5.74, 6) is -0.671. The van der Waals surface area contributed by atoms with Crippen molar-refractivity contribution in [2.75, 3.05) is 33.2 Å². The van der Waals surface area contributed by atoms with Crippen LogP contribution in [-0.4, -0.2) is 66.8 Å². The molecule has 1 saturated heterocycles. The molecule has 1 aliphatic heterocycles. The Morgan fingerprint density at radius 2 is 1.71 bits per heavy atom. The summed E-state index contributed by atoms with van der Waals surface area (Å²) in [5.41, 5.74) is 2.37. The number of nitriles is 1. The van der Waals surface area contributed by atoms with Crippen LogP contribution in [0.25, 0.3) is 0 Å². The molecule has 2 aromatic carbocycles. The monoisotopic (exact) mass is 460 g/mol. The third-order valence-corrected chi connectivity index (χ3v) is 6.60. The van der Waals surface area contributed by atoms with Crippen molar-refractivity contribution < 1.29 is 9.59 Å². The highest BCUT2D eigenvalue weighted by Crippen LogP contribution is 2.17. The van der Waals surface area contributed by atoms with E-state index in [1.807, 2.05) is 43.4 Å². The van der Waals surface area contributed by atoms with Gasteiger partial charge >= 0.3 is 0 Å². The zero-order valence-electron chi connectivity index (χ0n) is 20.3. The number of benzene rings is 2. The van der Waals surface area contributed by atoms with Crippen molar-refractivity contribution in [2.45, 2.75) is 44.7 Å². The molecule has 2 aromatic rings. The third-order valence-electron chi connectivity index (χ3n) is 6.60. The molecule has 0 aliphatic carbocycles. The van der Waals surface area contributed by atoms with E-state index in [4.69, 9.17) is 0 Å². The Balaban J connectivity index is 1.62. The van der Waals surface area contributed by atoms with Crippen LogP contribution < -0.4 is 5.32 Å². The smallest absolute Gasteiger partial charge is 0.238 e. The van der Waals surface area contributed by atoms with E-state index >= 15 is 0 Å². The minimum Gasteiger partial charge on any atom is -0.350 e. The molecule has 0 saturated carbocycles. The van der Waals surface area contributed by atoms with Crippen LogP contribution in [0.15, 0.2) is 60.7 Å². The normalized spacial score (nSPS) is 18.6. The van der Waals surface area contributed by atoms with Gasteiger partial charge < -0.3 is 5.32 Å². The molecular weight excluding hydrogens is 424 g/mol. The molecule has 3 atom stereocenters. The first-order valence-corrected chi connectivity index (χ1v) is 12.2. The van der Waals surface area contributed by atoms with E-state index in [-0.39, 0.29) is 24.2 Å². The Hall–Kier alpha value is -3.01. The number of likely N-dealkylation sites (N-methyl/N-ethyl adjacent to an activating group) is 1. The molecule has 0 aromatic heterocycles. The summed E-state index contributed by atoms with van der Waals surface area (Å²) in [6.07, 6.45) is 2.74. The summed E-state index contributed by atoms with van der Waals surface area (Å²) in [5, 5.41) is 12.9. The first-order valence-electron chi connectivity index (χ1n) is 12.2. The molecule has 0 bridgehead atoms. The highest BCUT2D eigenvalue weighted by molar-refractivity contribution is 5.83. The Morgan fingerprint density at radius 1 is 1.06 bits per heavy atom. The lowest BCUT2D eigenvalue weighted by atomic mass is 9.90. The van der Waals surface area contributed by atoms with Gasteiger partial charge in [0.25, 0.3) is 0 Å². The van der Waals surface area contributed by atoms with Crippen LogP contribution in [0.1, 0.15) is 30.9 Å². The summed E-state index contributed by atoms with van der Waals surface area (Å²) in [6.45, 7) is 4.87. The van der Waals surface area contributed by atoms with Gasteiger partial charge in [0.15, 0.2) is 0 Å². The summed E-state index contributed by atoms with van der Waals surface area (Å²) in [6, 6.07) is 21.9. The number of piperazine rings is 1. The lowest BCUT2D eigenvalue weighted by molar-refractivity contribution is -0.129. The fourth-order valence-corrected chi connectivity index (χ4v) is 4.60. The van der Waals surface area contributed by atoms with E-state index in [2.05, 4.69) is 45.5 Å². The zero-order valence-corrected chi connectivity index (χ0v) is 20.3. The van der Waals surface area contributed by atoms with Gasteiger partial charge in [-0.15, -0.1) is 0 Å². The van der Waals surface area contributed by atoms with Crippen LogP contribution in [0.5, 0.6) is 0 Å². The number of Topliss-reactive ketones (excluding diaryl/α,β-unsaturated/α-hetero) is 1. The first-order chi connectivity index (χ1) is 16.5. The Labute approximate surface area is 203 Å². The number of ketones is 1. The maximum absolute atomic E-state index is 13.4. The van der Waals surface area contributed by atoms with Crippen LogP contribution in [-0.2, 0) is 22.4 Å². The van der Waals surface area contributed by atoms with E-state index in [1.54, 1.807) is 0 Å². The molecule has 1 N–H and O–H groups in total. The van der Waals surface area contributed by atoms with Gasteiger partial charge in [-0.25, -0.2) is 0 Å². The van der Waals surface area contributed by atoms with Crippen molar-refractivity contribution >= 4 is 11.7 Å². The third kappa shape index (κ3) is 7.79. The van der Waals surface area contributed by atoms with Crippen molar-refractivity contribution in [3.63, 3.8) is 0 Å². The fourth-order valence-electron chi connectivity index (χ4n) is 4.60. The van der Waals surface area contributed by atoms with E-state index in [0.717, 1.165) is 38.0 Å². The van der Waals surface area contributed by atoms with Crippen molar-refractivity contribution in [3.05, 3.63) is 71.8 Å². The van der Waals surface area contributed by atoms with Crippen LogP contribution in [0.2, 0.25) is 0 Å². The SMILES string of the molecule is CC(=O)CC(C#N)C(Cc1ccccc1)NC(=O)C1CN(CCCc2ccccc2)CCN1C. The molecule has 34 heavy (non-hydrogen) atoms. The van der Waals surface area contributed by atoms with Crippen molar-refractivity contribution in [3.8, 4) is 6.07 Å². The number of carbonyl (C=O) groups excluding carboxylic acids is 2. The van der Waals surface area contributed by atoms with Gasteiger partial charge in [0.05, 0.1) is 12.0 Å². The van der Waals surface area contributed by atoms with Crippen LogP contribution >= 0.6 is 0 Å². The van der Waals surface area contributed by atoms with Crippen molar-refractivity contribution in [1.82, 2.24) is 15.1 Å². The van der Waals surface area contributed by atoms with Gasteiger partial charge in [0.2, 0.25) is 5.91 Å². The second-order valence-electron chi connectivity index (χ2n) is 9.33. The number of rotatable bonds is 11. The summed E-state index contributed by atoms with van der Waals surface area (Å²) in [7, 11) is 1.98. The molecular formula is C28H36N4O2. The Bertz CT molecular complexity index is 957. The second kappa shape index (κ2) is 13.0. The largest absolute Gasteiger partial charge is 0.350 e. The number of aryl methyl sites for hydroxylation is 1. The average Bonchev–Trinajstić information content (AvgIpc) is 2.84. The predicted molar refractivity (Wildman–Crippen MR) is 134 cm³/mol. The van der Waals surface area contributed by atoms with E-state index in [9.17, 15) is 14.9 Å². The number of nitrogens with zero attached hydrogens (tertiary/aromatic N) is 3. The molecule has 1 fully saturated rings. The quantitative estimate of drug-likeness (QED) is 0.558. The molecule has 1 amide bonds. The summed E-state index contributed by atoms with van der Waals surface area (Å²) >= 11 is 0. The van der Waals surface area contributed by atoms with Gasteiger partial charge in [0.1, 0.15) is 11.8 Å². The molecule has 3 unspecified atom stereocenters. The maximum Gasteiger partial charge on any atom is 0.238 e. The molecule has 0 radical (unpaired) electrons. The molecule has 180 valence electrons. The van der Waals surface area contributed by atoms with E-state index < -0.39 is 12.0 Å². The Kier molecular flexibility index (Phi) is 9.81. The molecule has 3 rings (SSSR count). The minimum absolute atomic E-state index is 0.0433. The topological polar surface area (TPSA) is 76.4 Å². The van der Waals surface area contributed by atoms with Gasteiger partial charge in [-0.05, 0) is 50.9 Å². The molecule has 1 heterocycles. The van der Waals surface area contributed by atoms with Gasteiger partial charge in [0, 0.05) is 32.1 Å². The zero-order chi connectivity index (χ0) is 24.3. The highest BCUT2D eigenvalue weighted by atomic mass is 16.2. The maximum atomic E-state index is 13.4. The number of hydrogen-bond acceptors (Lipinski definition) is 5. The van der Waals surface area contributed by atoms with Gasteiger partial charge in [-0.3, -0.25) is 19.4 Å². The average molecular weight is 461 g/mol. The number of hydrogen-bond donors (Lipinski definition) is 1. The molecule has 0 spiro atoms. The number of amides is 1. The second-order valence-corrected chi connectivity index (χ2v) is 9.33. The predicted octanol–water partition coefficient (Wildman–Crippen LogP) is 3.08. The molecule has 6 heteroatoms. The van der Waals surface area contributed by atoms with Gasteiger partial charge in [-0.2, -0.15) is 5.26 Å². The number of nitrogens with one attached hydrogen (secondary N) is 1. The van der Waals surface area contributed by atoms with Crippen LogP contribution in [0.4, 0.5) is 0 Å². The minimum atomic E-state index is -0.558. The summed E-state index contributed by atoms with van der Waals surface area (Å²) < 4.78 is 0. The highest BCUT2D eigenvalue weighted by Gasteiger charge is 2.33. The lowest BCUT2D eigenvalue weighted by Gasteiger charge is -2.39. The van der Waals surface area contributed by atoms with E-state index in [0.29, 0.717) is 13.0 Å². The van der Waals surface area contributed by atoms with Crippen molar-refractivity contribution in [1.29, 1.82) is 5.26 Å². The van der Waals surface area contributed by atoms with E-state index in [1.165, 1.54) is 12.5 Å². The Morgan fingerprint density at radius 3 is 2.32 bits per heavy atom. The van der Waals surface area contributed by atoms with Crippen LogP contribution in [0.3, 0.4) is 0 Å². The number of carbonyl (C=O) groups is 2. The standard InChI is InChI=1S/C28H36N4O2/c1-22(33)18-25(20-29)26(19-24-12-7-4-8-13-24)30-28(34)27-21-32(17-16-31(27)2)15-9-14-23-10-5-3-6-11-23/h3-8,10-13,25-27H,9,14-19,21H2,1-2H3,(H,30,34). The molecule has 6 nitrogen and oxygen atoms in total. The van der Waals surface area contributed by atoms with Crippen molar-refractivity contribution in [2.24, 2.45) is 5.92 Å². The fraction of sp³-hybridized carbons (Fsp3) is 0.464. The lowest BCUT2D eigenvalue weighted by Crippen LogP contribution is -2.59. The first kappa shape index (κ1) is 25.6. The molecule has 1 aliphatic rings.